The van der Waals surface area contributed by atoms with E-state index in [-0.39, 0.29) is 17.5 Å². The zero-order chi connectivity index (χ0) is 26.8. The Hall–Kier alpha value is -4.23. The summed E-state index contributed by atoms with van der Waals surface area (Å²) in [5, 5.41) is 18.5. The first kappa shape index (κ1) is 24.1. The molecule has 2 aliphatic heterocycles. The molecule has 1 atom stereocenters. The van der Waals surface area contributed by atoms with Crippen molar-refractivity contribution in [3.63, 3.8) is 0 Å². The maximum absolute atomic E-state index is 15.8. The molecule has 3 aliphatic rings. The lowest BCUT2D eigenvalue weighted by atomic mass is 9.95. The van der Waals surface area contributed by atoms with Crippen molar-refractivity contribution in [2.45, 2.75) is 44.2 Å². The number of hydrogen-bond acceptors (Lipinski definition) is 6. The first-order valence-electron chi connectivity index (χ1n) is 12.6. The van der Waals surface area contributed by atoms with Gasteiger partial charge >= 0.3 is 12.1 Å². The molecule has 0 bridgehead atoms. The number of aromatic nitrogens is 1. The predicted octanol–water partition coefficient (Wildman–Crippen LogP) is 3.61. The molecule has 38 heavy (non-hydrogen) atoms. The molecule has 6 rings (SSSR count). The van der Waals surface area contributed by atoms with Gasteiger partial charge in [0.15, 0.2) is 0 Å². The number of carboxylic acids is 1. The zero-order valence-electron chi connectivity index (χ0n) is 20.7. The highest BCUT2D eigenvalue weighted by Gasteiger charge is 2.51. The molecular formula is C28H25FN4O5. The van der Waals surface area contributed by atoms with Crippen LogP contribution in [0.2, 0.25) is 0 Å². The number of nitrogens with one attached hydrogen (secondary N) is 1. The maximum atomic E-state index is 15.8. The van der Waals surface area contributed by atoms with Crippen molar-refractivity contribution in [2.24, 2.45) is 0 Å². The molecule has 1 saturated carbocycles. The Bertz CT molecular complexity index is 1620. The molecule has 0 radical (unpaired) electrons. The van der Waals surface area contributed by atoms with Crippen LogP contribution in [0.4, 0.5) is 14.9 Å². The largest absolute Gasteiger partial charge is 0.477 e. The number of carbonyl (C=O) groups excluding carboxylic acids is 1. The molecule has 1 aliphatic carbocycles. The van der Waals surface area contributed by atoms with Crippen molar-refractivity contribution in [1.29, 1.82) is 5.26 Å². The Balaban J connectivity index is 1.30. The molecule has 10 heteroatoms. The molecule has 2 N–H and O–H groups in total. The molecule has 1 aromatic heterocycles. The summed E-state index contributed by atoms with van der Waals surface area (Å²) < 4.78 is 20.9. The van der Waals surface area contributed by atoms with Crippen LogP contribution >= 0.6 is 0 Å². The number of aromatic carboxylic acids is 1. The highest BCUT2D eigenvalue weighted by atomic mass is 19.1. The van der Waals surface area contributed by atoms with Crippen LogP contribution in [0.15, 0.2) is 35.3 Å². The summed E-state index contributed by atoms with van der Waals surface area (Å²) in [4.78, 5) is 43.0. The molecule has 1 saturated heterocycles. The van der Waals surface area contributed by atoms with Crippen LogP contribution in [0, 0.1) is 24.1 Å². The van der Waals surface area contributed by atoms with Crippen LogP contribution in [0.3, 0.4) is 0 Å². The third kappa shape index (κ3) is 3.65. The number of H-pyrrole nitrogens is 1. The fourth-order valence-electron chi connectivity index (χ4n) is 5.97. The SMILES string of the molecule is Cc1c(F)c(C2(N3CCc4ccc(N5CC(C#N)OC5=O)cc4CC3)CC2)cc2[nH]cc(C(=O)O)c(=O)c12. The van der Waals surface area contributed by atoms with Gasteiger partial charge in [-0.15, -0.1) is 0 Å². The Labute approximate surface area is 217 Å². The zero-order valence-corrected chi connectivity index (χ0v) is 20.7. The van der Waals surface area contributed by atoms with E-state index < -0.39 is 40.5 Å². The number of cyclic esters (lactones) is 1. The minimum Gasteiger partial charge on any atom is -0.477 e. The average molecular weight is 517 g/mol. The van der Waals surface area contributed by atoms with Gasteiger partial charge in [-0.3, -0.25) is 14.6 Å². The highest BCUT2D eigenvalue weighted by molar-refractivity contribution is 5.93. The standard InChI is InChI=1S/C28H25FN4O5/c1-15-23-22(31-13-20(25(23)34)26(35)36)11-21(24(15)29)28(6-7-28)32-8-4-16-2-3-18(10-17(16)5-9-32)33-14-19(12-30)38-27(33)37/h2-3,10-11,13,19H,4-9,14H2,1H3,(H,31,34)(H,35,36). The molecule has 0 spiro atoms. The van der Waals surface area contributed by atoms with E-state index in [0.717, 1.165) is 36.9 Å². The number of ether oxygens (including phenoxy) is 1. The van der Waals surface area contributed by atoms with E-state index >= 15 is 4.39 Å². The van der Waals surface area contributed by atoms with E-state index in [9.17, 15) is 19.5 Å². The third-order valence-corrected chi connectivity index (χ3v) is 8.16. The molecular weight excluding hydrogens is 491 g/mol. The van der Waals surface area contributed by atoms with Crippen molar-refractivity contribution in [2.75, 3.05) is 24.5 Å². The van der Waals surface area contributed by atoms with Gasteiger partial charge < -0.3 is 14.8 Å². The quantitative estimate of drug-likeness (QED) is 0.542. The molecule has 1 amide bonds. The number of amides is 1. The summed E-state index contributed by atoms with van der Waals surface area (Å²) in [5.41, 5.74) is 2.48. The molecule has 2 fully saturated rings. The first-order chi connectivity index (χ1) is 18.2. The van der Waals surface area contributed by atoms with Crippen molar-refractivity contribution in [1.82, 2.24) is 9.88 Å². The number of nitrogens with zero attached hydrogens (tertiary/aromatic N) is 3. The number of benzene rings is 2. The minimum absolute atomic E-state index is 0.0665. The number of rotatable bonds is 4. The van der Waals surface area contributed by atoms with Crippen LogP contribution in [0.1, 0.15) is 45.5 Å². The van der Waals surface area contributed by atoms with Gasteiger partial charge in [0.1, 0.15) is 17.4 Å². The number of nitriles is 1. The molecule has 3 aromatic rings. The topological polar surface area (TPSA) is 127 Å². The number of carbonyl (C=O) groups is 2. The fraction of sp³-hybridized carbons (Fsp3) is 0.357. The second-order valence-corrected chi connectivity index (χ2v) is 10.2. The average Bonchev–Trinajstić information content (AvgIpc) is 3.65. The summed E-state index contributed by atoms with van der Waals surface area (Å²) in [6.45, 7) is 3.13. The Kier molecular flexibility index (Phi) is 5.50. The number of carboxylic acid groups (broad SMARTS) is 1. The number of fused-ring (bicyclic) bond motifs is 2. The van der Waals surface area contributed by atoms with Crippen molar-refractivity contribution in [3.05, 3.63) is 74.3 Å². The van der Waals surface area contributed by atoms with Crippen LogP contribution in [0.25, 0.3) is 10.9 Å². The highest BCUT2D eigenvalue weighted by Crippen LogP contribution is 2.53. The van der Waals surface area contributed by atoms with E-state index in [1.165, 1.54) is 18.0 Å². The van der Waals surface area contributed by atoms with E-state index in [1.807, 2.05) is 24.3 Å². The number of anilines is 1. The molecule has 3 heterocycles. The predicted molar refractivity (Wildman–Crippen MR) is 136 cm³/mol. The lowest BCUT2D eigenvalue weighted by Crippen LogP contribution is -2.38. The van der Waals surface area contributed by atoms with Crippen molar-refractivity contribution < 1.29 is 23.8 Å². The fourth-order valence-corrected chi connectivity index (χ4v) is 5.97. The Morgan fingerprint density at radius 2 is 1.95 bits per heavy atom. The summed E-state index contributed by atoms with van der Waals surface area (Å²) in [6, 6.07) is 9.49. The van der Waals surface area contributed by atoms with Crippen LogP contribution in [0.5, 0.6) is 0 Å². The van der Waals surface area contributed by atoms with Gasteiger partial charge in [0, 0.05) is 36.1 Å². The number of aromatic amines is 1. The van der Waals surface area contributed by atoms with Crippen LogP contribution < -0.4 is 10.3 Å². The van der Waals surface area contributed by atoms with E-state index in [4.69, 9.17) is 10.00 Å². The van der Waals surface area contributed by atoms with Crippen LogP contribution in [-0.2, 0) is 23.1 Å². The molecule has 194 valence electrons. The Morgan fingerprint density at radius 1 is 1.21 bits per heavy atom. The minimum atomic E-state index is -1.35. The third-order valence-electron chi connectivity index (χ3n) is 8.16. The number of pyridine rings is 1. The van der Waals surface area contributed by atoms with Gasteiger partial charge in [0.05, 0.1) is 17.4 Å². The second kappa shape index (κ2) is 8.67. The summed E-state index contributed by atoms with van der Waals surface area (Å²) in [5.74, 6) is -1.82. The number of aryl methyl sites for hydroxylation is 1. The van der Waals surface area contributed by atoms with E-state index in [1.54, 1.807) is 6.07 Å². The monoisotopic (exact) mass is 516 g/mol. The lowest BCUT2D eigenvalue weighted by molar-refractivity contribution is 0.0695. The normalized spacial score (nSPS) is 20.5. The van der Waals surface area contributed by atoms with Gasteiger partial charge in [-0.25, -0.2) is 14.0 Å². The molecule has 1 unspecified atom stereocenters. The Morgan fingerprint density at radius 3 is 2.61 bits per heavy atom. The van der Waals surface area contributed by atoms with Crippen LogP contribution in [-0.4, -0.2) is 52.8 Å². The first-order valence-corrected chi connectivity index (χ1v) is 12.6. The van der Waals surface area contributed by atoms with Gasteiger partial charge in [0.25, 0.3) is 0 Å². The summed E-state index contributed by atoms with van der Waals surface area (Å²) >= 11 is 0. The van der Waals surface area contributed by atoms with Gasteiger partial charge in [0.2, 0.25) is 11.5 Å². The van der Waals surface area contributed by atoms with E-state index in [0.29, 0.717) is 29.7 Å². The summed E-state index contributed by atoms with van der Waals surface area (Å²) in [6.07, 6.45) is 2.89. The molecule has 2 aromatic carbocycles. The maximum Gasteiger partial charge on any atom is 0.415 e. The second-order valence-electron chi connectivity index (χ2n) is 10.2. The summed E-state index contributed by atoms with van der Waals surface area (Å²) in [7, 11) is 0. The number of hydrogen-bond donors (Lipinski definition) is 2. The van der Waals surface area contributed by atoms with Gasteiger partial charge in [-0.1, -0.05) is 6.07 Å². The lowest BCUT2D eigenvalue weighted by Gasteiger charge is -2.32. The van der Waals surface area contributed by atoms with Crippen molar-refractivity contribution in [3.8, 4) is 6.07 Å². The smallest absolute Gasteiger partial charge is 0.415 e. The van der Waals surface area contributed by atoms with Gasteiger partial charge in [-0.05, 0) is 67.5 Å². The van der Waals surface area contributed by atoms with Gasteiger partial charge in [-0.2, -0.15) is 5.26 Å². The molecule has 9 nitrogen and oxygen atoms in total. The van der Waals surface area contributed by atoms with Crippen molar-refractivity contribution >= 4 is 28.7 Å². The van der Waals surface area contributed by atoms with E-state index in [2.05, 4.69) is 9.88 Å². The number of halogens is 1.